The molecule has 0 saturated carbocycles. The van der Waals surface area contributed by atoms with E-state index in [9.17, 15) is 4.79 Å². The topological polar surface area (TPSA) is 58.7 Å². The van der Waals surface area contributed by atoms with Crippen molar-refractivity contribution in [3.8, 4) is 0 Å². The summed E-state index contributed by atoms with van der Waals surface area (Å²) in [5.74, 6) is -0.0438. The first-order valence-electron chi connectivity index (χ1n) is 5.82. The van der Waals surface area contributed by atoms with Gasteiger partial charge in [-0.1, -0.05) is 12.1 Å². The second-order valence-electron chi connectivity index (χ2n) is 4.64. The number of hydrogen-bond donors (Lipinski definition) is 1. The number of carbonyl (C=O) groups is 1. The van der Waals surface area contributed by atoms with Crippen LogP contribution in [0.3, 0.4) is 0 Å². The fourth-order valence-electron chi connectivity index (χ4n) is 1.97. The van der Waals surface area contributed by atoms with E-state index < -0.39 is 0 Å². The second-order valence-corrected chi connectivity index (χ2v) is 4.64. The van der Waals surface area contributed by atoms with Gasteiger partial charge in [0.1, 0.15) is 5.70 Å². The van der Waals surface area contributed by atoms with Crippen molar-refractivity contribution in [1.29, 1.82) is 0 Å². The molecular formula is C14H17N3O. The van der Waals surface area contributed by atoms with Crippen LogP contribution in [0.25, 0.3) is 6.08 Å². The van der Waals surface area contributed by atoms with Crippen LogP contribution in [0, 0.1) is 20.8 Å². The van der Waals surface area contributed by atoms with E-state index in [4.69, 9.17) is 5.73 Å². The zero-order valence-electron chi connectivity index (χ0n) is 11.1. The van der Waals surface area contributed by atoms with E-state index in [0.29, 0.717) is 5.70 Å². The smallest absolute Gasteiger partial charge is 0.296 e. The predicted octanol–water partition coefficient (Wildman–Crippen LogP) is 1.74. The molecule has 1 aliphatic heterocycles. The van der Waals surface area contributed by atoms with Crippen molar-refractivity contribution in [1.82, 2.24) is 4.90 Å². The minimum Gasteiger partial charge on any atom is -0.369 e. The minimum atomic E-state index is -0.286. The zero-order valence-corrected chi connectivity index (χ0v) is 11.1. The summed E-state index contributed by atoms with van der Waals surface area (Å²) in [5, 5.41) is 0. The Morgan fingerprint density at radius 3 is 2.22 bits per heavy atom. The summed E-state index contributed by atoms with van der Waals surface area (Å²) in [6.07, 6.45) is 1.82. The lowest BCUT2D eigenvalue weighted by Gasteiger charge is -2.12. The molecule has 4 nitrogen and oxygen atoms in total. The summed E-state index contributed by atoms with van der Waals surface area (Å²) in [5.41, 5.74) is 10.8. The Kier molecular flexibility index (Phi) is 2.95. The molecule has 0 aliphatic carbocycles. The predicted molar refractivity (Wildman–Crippen MR) is 73.0 cm³/mol. The van der Waals surface area contributed by atoms with E-state index in [0.717, 1.165) is 5.56 Å². The van der Waals surface area contributed by atoms with Gasteiger partial charge >= 0.3 is 0 Å². The molecule has 0 spiro atoms. The Labute approximate surface area is 107 Å². The SMILES string of the molecule is Cc1cc(/C=C2/C(=O)N=C(N)N2C)cc(C)c1C. The van der Waals surface area contributed by atoms with Gasteiger partial charge in [0, 0.05) is 7.05 Å². The number of rotatable bonds is 1. The van der Waals surface area contributed by atoms with Crippen molar-refractivity contribution in [2.45, 2.75) is 20.8 Å². The van der Waals surface area contributed by atoms with Gasteiger partial charge in [0.25, 0.3) is 5.91 Å². The molecule has 2 N–H and O–H groups in total. The number of amides is 1. The van der Waals surface area contributed by atoms with E-state index in [1.165, 1.54) is 16.7 Å². The molecule has 1 aromatic rings. The highest BCUT2D eigenvalue weighted by atomic mass is 16.2. The van der Waals surface area contributed by atoms with Crippen molar-refractivity contribution in [3.05, 3.63) is 40.1 Å². The maximum absolute atomic E-state index is 11.7. The Balaban J connectivity index is 2.44. The molecule has 0 unspecified atom stereocenters. The average Bonchev–Trinajstić information content (AvgIpc) is 2.53. The summed E-state index contributed by atoms with van der Waals surface area (Å²) < 4.78 is 0. The molecule has 0 atom stereocenters. The number of aryl methyl sites for hydroxylation is 2. The highest BCUT2D eigenvalue weighted by molar-refractivity contribution is 6.11. The van der Waals surface area contributed by atoms with Crippen molar-refractivity contribution in [2.24, 2.45) is 10.7 Å². The van der Waals surface area contributed by atoms with E-state index in [1.807, 2.05) is 6.08 Å². The maximum atomic E-state index is 11.7. The van der Waals surface area contributed by atoms with Gasteiger partial charge in [0.15, 0.2) is 0 Å². The molecule has 0 fully saturated rings. The van der Waals surface area contributed by atoms with Gasteiger partial charge in [-0.2, -0.15) is 4.99 Å². The molecular weight excluding hydrogens is 226 g/mol. The number of nitrogens with two attached hydrogens (primary N) is 1. The molecule has 0 saturated heterocycles. The number of aliphatic imine (C=N–C) groups is 1. The minimum absolute atomic E-state index is 0.242. The lowest BCUT2D eigenvalue weighted by Crippen LogP contribution is -2.28. The Morgan fingerprint density at radius 2 is 1.78 bits per heavy atom. The van der Waals surface area contributed by atoms with Gasteiger partial charge in [0.05, 0.1) is 0 Å². The first-order valence-corrected chi connectivity index (χ1v) is 5.82. The fraction of sp³-hybridized carbons (Fsp3) is 0.286. The zero-order chi connectivity index (χ0) is 13.4. The molecule has 0 radical (unpaired) electrons. The van der Waals surface area contributed by atoms with E-state index in [-0.39, 0.29) is 11.9 Å². The molecule has 2 rings (SSSR count). The normalized spacial score (nSPS) is 17.6. The molecule has 0 aromatic heterocycles. The summed E-state index contributed by atoms with van der Waals surface area (Å²) in [4.78, 5) is 17.0. The van der Waals surface area contributed by atoms with Crippen LogP contribution in [0.4, 0.5) is 0 Å². The van der Waals surface area contributed by atoms with Crippen LogP contribution in [0.15, 0.2) is 22.8 Å². The van der Waals surface area contributed by atoms with Crippen LogP contribution in [0.2, 0.25) is 0 Å². The Morgan fingerprint density at radius 1 is 1.22 bits per heavy atom. The fourth-order valence-corrected chi connectivity index (χ4v) is 1.97. The van der Waals surface area contributed by atoms with Crippen LogP contribution in [-0.2, 0) is 4.79 Å². The lowest BCUT2D eigenvalue weighted by molar-refractivity contribution is -0.114. The van der Waals surface area contributed by atoms with Gasteiger partial charge in [0.2, 0.25) is 5.96 Å². The van der Waals surface area contributed by atoms with E-state index in [2.05, 4.69) is 37.9 Å². The molecule has 18 heavy (non-hydrogen) atoms. The molecule has 1 aromatic carbocycles. The monoisotopic (exact) mass is 243 g/mol. The van der Waals surface area contributed by atoms with Crippen LogP contribution in [-0.4, -0.2) is 23.8 Å². The van der Waals surface area contributed by atoms with Crippen LogP contribution >= 0.6 is 0 Å². The Hall–Kier alpha value is -2.10. The highest BCUT2D eigenvalue weighted by Gasteiger charge is 2.24. The third-order valence-electron chi connectivity index (χ3n) is 3.39. The first kappa shape index (κ1) is 12.4. The lowest BCUT2D eigenvalue weighted by atomic mass is 10.00. The second kappa shape index (κ2) is 4.29. The van der Waals surface area contributed by atoms with Crippen LogP contribution in [0.5, 0.6) is 0 Å². The highest BCUT2D eigenvalue weighted by Crippen LogP contribution is 2.20. The summed E-state index contributed by atoms with van der Waals surface area (Å²) in [6.45, 7) is 6.22. The van der Waals surface area contributed by atoms with E-state index >= 15 is 0 Å². The molecule has 1 aliphatic rings. The molecule has 1 heterocycles. The Bertz CT molecular complexity index is 562. The number of nitrogens with zero attached hydrogens (tertiary/aromatic N) is 2. The molecule has 4 heteroatoms. The molecule has 0 bridgehead atoms. The van der Waals surface area contributed by atoms with Crippen molar-refractivity contribution < 1.29 is 4.79 Å². The van der Waals surface area contributed by atoms with Crippen molar-refractivity contribution in [2.75, 3.05) is 7.05 Å². The van der Waals surface area contributed by atoms with E-state index in [1.54, 1.807) is 11.9 Å². The van der Waals surface area contributed by atoms with Gasteiger partial charge in [-0.25, -0.2) is 0 Å². The van der Waals surface area contributed by atoms with Gasteiger partial charge in [-0.15, -0.1) is 0 Å². The van der Waals surface area contributed by atoms with Crippen molar-refractivity contribution >= 4 is 17.9 Å². The molecule has 1 amide bonds. The number of hydrogen-bond acceptors (Lipinski definition) is 3. The van der Waals surface area contributed by atoms with Gasteiger partial charge < -0.3 is 10.6 Å². The summed E-state index contributed by atoms with van der Waals surface area (Å²) in [6, 6.07) is 4.12. The first-order chi connectivity index (χ1) is 8.40. The third kappa shape index (κ3) is 2.01. The number of guanidine groups is 1. The quantitative estimate of drug-likeness (QED) is 0.764. The maximum Gasteiger partial charge on any atom is 0.296 e. The van der Waals surface area contributed by atoms with Gasteiger partial charge in [-0.05, 0) is 49.1 Å². The van der Waals surface area contributed by atoms with Crippen LogP contribution in [0.1, 0.15) is 22.3 Å². The van der Waals surface area contributed by atoms with Crippen molar-refractivity contribution in [3.63, 3.8) is 0 Å². The number of carbonyl (C=O) groups excluding carboxylic acids is 1. The number of benzene rings is 1. The number of likely N-dealkylation sites (N-methyl/N-ethyl adjacent to an activating group) is 1. The standard InChI is InChI=1S/C14H17N3O/c1-8-5-11(6-9(2)10(8)3)7-12-13(18)16-14(15)17(12)4/h5-7H,1-4H3,(H2,15,16,18)/b12-7-. The summed E-state index contributed by atoms with van der Waals surface area (Å²) in [7, 11) is 1.74. The average molecular weight is 243 g/mol. The summed E-state index contributed by atoms with van der Waals surface area (Å²) >= 11 is 0. The van der Waals surface area contributed by atoms with Crippen LogP contribution < -0.4 is 5.73 Å². The largest absolute Gasteiger partial charge is 0.369 e. The third-order valence-corrected chi connectivity index (χ3v) is 3.39. The van der Waals surface area contributed by atoms with Gasteiger partial charge in [-0.3, -0.25) is 4.79 Å². The molecule has 94 valence electrons.